The molecule has 6 heteroatoms. The van der Waals surface area contributed by atoms with E-state index in [1.807, 2.05) is 35.2 Å². The Morgan fingerprint density at radius 3 is 2.84 bits per heavy atom. The average molecular weight is 278 g/mol. The number of hydrogen-bond donors (Lipinski definition) is 2. The van der Waals surface area contributed by atoms with Crippen LogP contribution < -0.4 is 4.72 Å². The first kappa shape index (κ1) is 12.2. The first-order valence-electron chi connectivity index (χ1n) is 6.15. The molecule has 1 saturated heterocycles. The van der Waals surface area contributed by atoms with Gasteiger partial charge in [-0.2, -0.15) is 0 Å². The Labute approximate surface area is 111 Å². The first-order valence-corrected chi connectivity index (χ1v) is 7.70. The van der Waals surface area contributed by atoms with Gasteiger partial charge in [-0.05, 0) is 42.0 Å². The fourth-order valence-corrected chi connectivity index (χ4v) is 3.81. The number of fused-ring (bicyclic) bond motifs is 1. The fourth-order valence-electron chi connectivity index (χ4n) is 2.44. The molecule has 1 aromatic carbocycles. The van der Waals surface area contributed by atoms with Gasteiger partial charge in [-0.25, -0.2) is 8.42 Å². The summed E-state index contributed by atoms with van der Waals surface area (Å²) in [5, 5.41) is 0.517. The number of carbonyl (C=O) groups excluding carboxylic acids is 1. The average Bonchev–Trinajstić information content (AvgIpc) is 2.89. The minimum absolute atomic E-state index is 0.0781. The van der Waals surface area contributed by atoms with Crippen molar-refractivity contribution in [3.8, 4) is 0 Å². The van der Waals surface area contributed by atoms with E-state index in [-0.39, 0.29) is 6.42 Å². The van der Waals surface area contributed by atoms with Crippen LogP contribution in [0.1, 0.15) is 18.4 Å². The summed E-state index contributed by atoms with van der Waals surface area (Å²) in [6.45, 7) is 0. The molecular formula is C13H14N2O3S. The molecule has 0 aliphatic carbocycles. The number of aromatic nitrogens is 1. The number of rotatable bonds is 3. The van der Waals surface area contributed by atoms with Gasteiger partial charge in [0.2, 0.25) is 15.9 Å². The fraction of sp³-hybridized carbons (Fsp3) is 0.308. The van der Waals surface area contributed by atoms with Gasteiger partial charge < -0.3 is 4.98 Å². The van der Waals surface area contributed by atoms with Gasteiger partial charge in [-0.15, -0.1) is 0 Å². The number of sulfonamides is 1. The van der Waals surface area contributed by atoms with Gasteiger partial charge in [0.25, 0.3) is 0 Å². The molecule has 2 heterocycles. The number of amides is 1. The second-order valence-electron chi connectivity index (χ2n) is 4.83. The lowest BCUT2D eigenvalue weighted by Crippen LogP contribution is -2.25. The number of aryl methyl sites for hydroxylation is 1. The standard InChI is InChI=1S/C13H14N2O3S/c16-13-8-11(19(17,18)15-13)3-1-9-2-4-12-10(7-9)5-6-14-12/h2,4-7,11,14H,1,3,8H2,(H,15,16). The summed E-state index contributed by atoms with van der Waals surface area (Å²) >= 11 is 0. The van der Waals surface area contributed by atoms with Gasteiger partial charge in [0, 0.05) is 18.1 Å². The molecule has 3 rings (SSSR count). The van der Waals surface area contributed by atoms with Crippen molar-refractivity contribution in [3.05, 3.63) is 36.0 Å². The zero-order valence-corrected chi connectivity index (χ0v) is 11.0. The van der Waals surface area contributed by atoms with Crippen LogP contribution >= 0.6 is 0 Å². The molecule has 1 unspecified atom stereocenters. The molecule has 0 saturated carbocycles. The van der Waals surface area contributed by atoms with Crippen LogP contribution in [0.2, 0.25) is 0 Å². The smallest absolute Gasteiger partial charge is 0.238 e. The van der Waals surface area contributed by atoms with Crippen molar-refractivity contribution in [1.82, 2.24) is 9.71 Å². The highest BCUT2D eigenvalue weighted by atomic mass is 32.2. The Hall–Kier alpha value is -1.82. The predicted molar refractivity (Wildman–Crippen MR) is 72.1 cm³/mol. The summed E-state index contributed by atoms with van der Waals surface area (Å²) in [7, 11) is -3.44. The quantitative estimate of drug-likeness (QED) is 0.888. The molecule has 1 fully saturated rings. The molecule has 1 atom stereocenters. The van der Waals surface area contributed by atoms with Crippen molar-refractivity contribution in [1.29, 1.82) is 0 Å². The highest BCUT2D eigenvalue weighted by Crippen LogP contribution is 2.21. The SMILES string of the molecule is O=C1CC(CCc2ccc3[nH]ccc3c2)S(=O)(=O)N1. The van der Waals surface area contributed by atoms with Crippen molar-refractivity contribution in [3.63, 3.8) is 0 Å². The van der Waals surface area contributed by atoms with Crippen LogP contribution in [0.3, 0.4) is 0 Å². The zero-order valence-electron chi connectivity index (χ0n) is 10.2. The number of hydrogen-bond acceptors (Lipinski definition) is 3. The second kappa shape index (κ2) is 4.38. The van der Waals surface area contributed by atoms with Gasteiger partial charge in [0.15, 0.2) is 0 Å². The maximum atomic E-state index is 11.6. The maximum Gasteiger partial charge on any atom is 0.238 e. The van der Waals surface area contributed by atoms with Gasteiger partial charge in [-0.3, -0.25) is 9.52 Å². The van der Waals surface area contributed by atoms with E-state index in [2.05, 4.69) is 4.98 Å². The van der Waals surface area contributed by atoms with Gasteiger partial charge in [0.05, 0.1) is 5.25 Å². The van der Waals surface area contributed by atoms with E-state index in [0.717, 1.165) is 16.5 Å². The molecule has 1 aliphatic rings. The summed E-state index contributed by atoms with van der Waals surface area (Å²) < 4.78 is 25.3. The van der Waals surface area contributed by atoms with Crippen LogP contribution in [0.15, 0.2) is 30.5 Å². The topological polar surface area (TPSA) is 79.0 Å². The van der Waals surface area contributed by atoms with Gasteiger partial charge in [0.1, 0.15) is 0 Å². The molecule has 0 spiro atoms. The largest absolute Gasteiger partial charge is 0.361 e. The minimum atomic E-state index is -3.44. The van der Waals surface area contributed by atoms with E-state index in [9.17, 15) is 13.2 Å². The second-order valence-corrected chi connectivity index (χ2v) is 6.80. The molecule has 100 valence electrons. The molecule has 19 heavy (non-hydrogen) atoms. The normalized spacial score (nSPS) is 21.7. The Morgan fingerprint density at radius 1 is 1.26 bits per heavy atom. The Kier molecular flexibility index (Phi) is 2.82. The van der Waals surface area contributed by atoms with E-state index in [1.165, 1.54) is 0 Å². The maximum absolute atomic E-state index is 11.6. The number of H-pyrrole nitrogens is 1. The van der Waals surface area contributed by atoms with Crippen molar-refractivity contribution in [2.75, 3.05) is 0 Å². The Bertz CT molecular complexity index is 733. The summed E-state index contributed by atoms with van der Waals surface area (Å²) in [5.41, 5.74) is 2.15. The number of nitrogens with one attached hydrogen (secondary N) is 2. The number of carbonyl (C=O) groups is 1. The molecule has 1 amide bonds. The van der Waals surface area contributed by atoms with Crippen LogP contribution in [0, 0.1) is 0 Å². The third-order valence-electron chi connectivity index (χ3n) is 3.48. The highest BCUT2D eigenvalue weighted by Gasteiger charge is 2.35. The minimum Gasteiger partial charge on any atom is -0.361 e. The van der Waals surface area contributed by atoms with Crippen LogP contribution in [0.25, 0.3) is 10.9 Å². The molecule has 1 aromatic heterocycles. The van der Waals surface area contributed by atoms with Crippen LogP contribution in [0.5, 0.6) is 0 Å². The summed E-state index contributed by atoms with van der Waals surface area (Å²) in [6.07, 6.45) is 3.07. The lowest BCUT2D eigenvalue weighted by molar-refractivity contribution is -0.118. The van der Waals surface area contributed by atoms with Crippen LogP contribution in [0.4, 0.5) is 0 Å². The lowest BCUT2D eigenvalue weighted by atomic mass is 10.1. The third-order valence-corrected chi connectivity index (χ3v) is 5.27. The molecule has 1 aliphatic heterocycles. The van der Waals surface area contributed by atoms with Gasteiger partial charge in [-0.1, -0.05) is 6.07 Å². The Morgan fingerprint density at radius 2 is 2.11 bits per heavy atom. The monoisotopic (exact) mass is 278 g/mol. The first-order chi connectivity index (χ1) is 9.04. The van der Waals surface area contributed by atoms with E-state index >= 15 is 0 Å². The molecule has 0 bridgehead atoms. The molecule has 2 N–H and O–H groups in total. The van der Waals surface area contributed by atoms with Crippen molar-refractivity contribution in [2.24, 2.45) is 0 Å². The van der Waals surface area contributed by atoms with E-state index in [1.54, 1.807) is 0 Å². The van der Waals surface area contributed by atoms with Crippen molar-refractivity contribution < 1.29 is 13.2 Å². The van der Waals surface area contributed by atoms with Crippen molar-refractivity contribution in [2.45, 2.75) is 24.5 Å². The van der Waals surface area contributed by atoms with Gasteiger partial charge >= 0.3 is 0 Å². The molecule has 2 aromatic rings. The lowest BCUT2D eigenvalue weighted by Gasteiger charge is -2.07. The van der Waals surface area contributed by atoms with Crippen LogP contribution in [-0.4, -0.2) is 24.6 Å². The summed E-state index contributed by atoms with van der Waals surface area (Å²) in [4.78, 5) is 14.2. The highest BCUT2D eigenvalue weighted by molar-refractivity contribution is 7.91. The molecule has 0 radical (unpaired) electrons. The van der Waals surface area contributed by atoms with E-state index in [0.29, 0.717) is 12.8 Å². The third kappa shape index (κ3) is 2.35. The van der Waals surface area contributed by atoms with Crippen molar-refractivity contribution >= 4 is 26.8 Å². The number of benzene rings is 1. The van der Waals surface area contributed by atoms with E-state index < -0.39 is 21.2 Å². The summed E-state index contributed by atoms with van der Waals surface area (Å²) in [6, 6.07) is 7.99. The zero-order chi connectivity index (χ0) is 13.5. The number of aromatic amines is 1. The predicted octanol–water partition coefficient (Wildman–Crippen LogP) is 1.32. The van der Waals surface area contributed by atoms with E-state index in [4.69, 9.17) is 0 Å². The molecular weight excluding hydrogens is 264 g/mol. The molecule has 5 nitrogen and oxygen atoms in total. The summed E-state index contributed by atoms with van der Waals surface area (Å²) in [5.74, 6) is -0.397. The van der Waals surface area contributed by atoms with Crippen LogP contribution in [-0.2, 0) is 21.2 Å². The Balaban J connectivity index is 1.74.